The van der Waals surface area contributed by atoms with E-state index in [1.165, 1.54) is 23.6 Å². The largest absolute Gasteiger partial charge is 0.497 e. The first-order chi connectivity index (χ1) is 11.7. The number of carbonyl (C=O) groups is 1. The predicted octanol–water partition coefficient (Wildman–Crippen LogP) is 3.84. The molecule has 2 aromatic carbocycles. The molecule has 0 fully saturated rings. The second-order valence-electron chi connectivity index (χ2n) is 5.77. The summed E-state index contributed by atoms with van der Waals surface area (Å²) in [5.74, 6) is 1.24. The molecule has 0 saturated heterocycles. The Kier molecular flexibility index (Phi) is 4.85. The van der Waals surface area contributed by atoms with Gasteiger partial charge in [-0.25, -0.2) is 0 Å². The minimum Gasteiger partial charge on any atom is -0.497 e. The number of methoxy groups -OCH3 is 2. The summed E-state index contributed by atoms with van der Waals surface area (Å²) in [7, 11) is 3.21. The minimum atomic E-state index is -0.169. The highest BCUT2D eigenvalue weighted by molar-refractivity contribution is 6.02. The maximum absolute atomic E-state index is 12.2. The van der Waals surface area contributed by atoms with Crippen LogP contribution in [-0.4, -0.2) is 20.1 Å². The third-order valence-electron chi connectivity index (χ3n) is 4.22. The number of nitrogens with one attached hydrogen (secondary N) is 1. The lowest BCUT2D eigenvalue weighted by Gasteiger charge is -2.08. The highest BCUT2D eigenvalue weighted by atomic mass is 16.5. The summed E-state index contributed by atoms with van der Waals surface area (Å²) in [6, 6.07) is 11.6. The van der Waals surface area contributed by atoms with Crippen molar-refractivity contribution in [3.63, 3.8) is 0 Å². The molecule has 0 bridgehead atoms. The van der Waals surface area contributed by atoms with Crippen LogP contribution in [0.15, 0.2) is 42.5 Å². The van der Waals surface area contributed by atoms with E-state index in [0.717, 1.165) is 29.8 Å². The maximum atomic E-state index is 12.2. The van der Waals surface area contributed by atoms with Gasteiger partial charge in [-0.1, -0.05) is 6.07 Å². The SMILES string of the molecule is COc1ccc(OC)c(/C=C/C(=O)Nc2ccc3c(c2)CCC3)c1. The van der Waals surface area contributed by atoms with Crippen LogP contribution in [0.2, 0.25) is 0 Å². The molecule has 0 heterocycles. The quantitative estimate of drug-likeness (QED) is 0.850. The summed E-state index contributed by atoms with van der Waals surface area (Å²) < 4.78 is 10.5. The van der Waals surface area contributed by atoms with Crippen LogP contribution in [0.25, 0.3) is 6.08 Å². The normalized spacial score (nSPS) is 12.9. The van der Waals surface area contributed by atoms with E-state index in [0.29, 0.717) is 5.75 Å². The number of benzene rings is 2. The number of fused-ring (bicyclic) bond motifs is 1. The lowest BCUT2D eigenvalue weighted by molar-refractivity contribution is -0.111. The summed E-state index contributed by atoms with van der Waals surface area (Å²) in [6.45, 7) is 0. The van der Waals surface area contributed by atoms with Crippen LogP contribution in [0.1, 0.15) is 23.1 Å². The van der Waals surface area contributed by atoms with Crippen LogP contribution >= 0.6 is 0 Å². The monoisotopic (exact) mass is 323 g/mol. The van der Waals surface area contributed by atoms with Gasteiger partial charge in [0.2, 0.25) is 5.91 Å². The van der Waals surface area contributed by atoms with Crippen LogP contribution in [0.3, 0.4) is 0 Å². The summed E-state index contributed by atoms with van der Waals surface area (Å²) >= 11 is 0. The smallest absolute Gasteiger partial charge is 0.248 e. The van der Waals surface area contributed by atoms with E-state index in [-0.39, 0.29) is 5.91 Å². The van der Waals surface area contributed by atoms with E-state index in [2.05, 4.69) is 17.4 Å². The fourth-order valence-electron chi connectivity index (χ4n) is 2.97. The molecule has 4 heteroatoms. The van der Waals surface area contributed by atoms with Crippen molar-refractivity contribution in [1.82, 2.24) is 0 Å². The third kappa shape index (κ3) is 3.59. The first-order valence-corrected chi connectivity index (χ1v) is 8.02. The Balaban J connectivity index is 1.71. The zero-order valence-electron chi connectivity index (χ0n) is 14.0. The lowest BCUT2D eigenvalue weighted by Crippen LogP contribution is -2.08. The Morgan fingerprint density at radius 3 is 2.67 bits per heavy atom. The van der Waals surface area contributed by atoms with Crippen molar-refractivity contribution in [2.24, 2.45) is 0 Å². The molecule has 0 spiro atoms. The van der Waals surface area contributed by atoms with Gasteiger partial charge < -0.3 is 14.8 Å². The molecule has 1 aliphatic rings. The van der Waals surface area contributed by atoms with Gasteiger partial charge in [0, 0.05) is 17.3 Å². The fourth-order valence-corrected chi connectivity index (χ4v) is 2.97. The fraction of sp³-hybridized carbons (Fsp3) is 0.250. The second-order valence-corrected chi connectivity index (χ2v) is 5.77. The van der Waals surface area contributed by atoms with Crippen molar-refractivity contribution < 1.29 is 14.3 Å². The van der Waals surface area contributed by atoms with Gasteiger partial charge >= 0.3 is 0 Å². The average Bonchev–Trinajstić information content (AvgIpc) is 3.07. The van der Waals surface area contributed by atoms with Gasteiger partial charge in [0.15, 0.2) is 0 Å². The van der Waals surface area contributed by atoms with Crippen LogP contribution in [0, 0.1) is 0 Å². The number of hydrogen-bond acceptors (Lipinski definition) is 3. The van der Waals surface area contributed by atoms with Crippen molar-refractivity contribution in [2.45, 2.75) is 19.3 Å². The molecule has 0 unspecified atom stereocenters. The Morgan fingerprint density at radius 2 is 1.88 bits per heavy atom. The van der Waals surface area contributed by atoms with Crippen molar-refractivity contribution >= 4 is 17.7 Å². The minimum absolute atomic E-state index is 0.169. The molecule has 0 radical (unpaired) electrons. The van der Waals surface area contributed by atoms with Crippen LogP contribution in [0.5, 0.6) is 11.5 Å². The predicted molar refractivity (Wildman–Crippen MR) is 95.7 cm³/mol. The zero-order chi connectivity index (χ0) is 16.9. The van der Waals surface area contributed by atoms with Gasteiger partial charge in [0.1, 0.15) is 11.5 Å². The Bertz CT molecular complexity index is 780. The van der Waals surface area contributed by atoms with E-state index < -0.39 is 0 Å². The number of hydrogen-bond donors (Lipinski definition) is 1. The number of carbonyl (C=O) groups excluding carboxylic acids is 1. The highest BCUT2D eigenvalue weighted by Crippen LogP contribution is 2.26. The number of anilines is 1. The Hall–Kier alpha value is -2.75. The van der Waals surface area contributed by atoms with E-state index in [9.17, 15) is 4.79 Å². The van der Waals surface area contributed by atoms with Gasteiger partial charge in [-0.15, -0.1) is 0 Å². The van der Waals surface area contributed by atoms with E-state index in [4.69, 9.17) is 9.47 Å². The molecule has 0 atom stereocenters. The molecule has 24 heavy (non-hydrogen) atoms. The number of rotatable bonds is 5. The van der Waals surface area contributed by atoms with E-state index in [1.807, 2.05) is 24.3 Å². The first-order valence-electron chi connectivity index (χ1n) is 8.02. The first kappa shape index (κ1) is 16.1. The number of aryl methyl sites for hydroxylation is 2. The molecule has 0 aromatic heterocycles. The molecular weight excluding hydrogens is 302 g/mol. The van der Waals surface area contributed by atoms with Crippen molar-refractivity contribution in [2.75, 3.05) is 19.5 Å². The molecule has 4 nitrogen and oxygen atoms in total. The van der Waals surface area contributed by atoms with Crippen LogP contribution < -0.4 is 14.8 Å². The molecule has 124 valence electrons. The van der Waals surface area contributed by atoms with Gasteiger partial charge in [0.25, 0.3) is 0 Å². The lowest BCUT2D eigenvalue weighted by atomic mass is 10.1. The second kappa shape index (κ2) is 7.21. The standard InChI is InChI=1S/C20H21NO3/c1-23-18-9-10-19(24-2)16(13-18)7-11-20(22)21-17-8-6-14-4-3-5-15(14)12-17/h6-13H,3-5H2,1-2H3,(H,21,22)/b11-7+. The summed E-state index contributed by atoms with van der Waals surface area (Å²) in [6.07, 6.45) is 6.66. The molecule has 0 saturated carbocycles. The topological polar surface area (TPSA) is 47.6 Å². The van der Waals surface area contributed by atoms with Gasteiger partial charge in [-0.2, -0.15) is 0 Å². The third-order valence-corrected chi connectivity index (χ3v) is 4.22. The summed E-state index contributed by atoms with van der Waals surface area (Å²) in [5, 5.41) is 2.91. The van der Waals surface area contributed by atoms with Crippen LogP contribution in [0.4, 0.5) is 5.69 Å². The van der Waals surface area contributed by atoms with Gasteiger partial charge in [0.05, 0.1) is 14.2 Å². The molecule has 1 amide bonds. The summed E-state index contributed by atoms with van der Waals surface area (Å²) in [4.78, 5) is 12.2. The van der Waals surface area contributed by atoms with Crippen LogP contribution in [-0.2, 0) is 17.6 Å². The van der Waals surface area contributed by atoms with Crippen molar-refractivity contribution in [1.29, 1.82) is 0 Å². The highest BCUT2D eigenvalue weighted by Gasteiger charge is 2.11. The zero-order valence-corrected chi connectivity index (χ0v) is 14.0. The Labute approximate surface area is 142 Å². The van der Waals surface area contributed by atoms with Gasteiger partial charge in [-0.05, 0) is 66.8 Å². The van der Waals surface area contributed by atoms with Crippen molar-refractivity contribution in [3.05, 3.63) is 59.2 Å². The number of ether oxygens (including phenoxy) is 2. The average molecular weight is 323 g/mol. The molecule has 2 aromatic rings. The molecule has 3 rings (SSSR count). The van der Waals surface area contributed by atoms with E-state index >= 15 is 0 Å². The van der Waals surface area contributed by atoms with Gasteiger partial charge in [-0.3, -0.25) is 4.79 Å². The molecular formula is C20H21NO3. The van der Waals surface area contributed by atoms with E-state index in [1.54, 1.807) is 20.3 Å². The number of amides is 1. The molecule has 0 aliphatic heterocycles. The van der Waals surface area contributed by atoms with Crippen molar-refractivity contribution in [3.8, 4) is 11.5 Å². The maximum Gasteiger partial charge on any atom is 0.248 e. The molecule has 1 N–H and O–H groups in total. The summed E-state index contributed by atoms with van der Waals surface area (Å²) in [5.41, 5.74) is 4.36. The molecule has 1 aliphatic carbocycles. The Morgan fingerprint density at radius 1 is 1.04 bits per heavy atom.